The van der Waals surface area contributed by atoms with E-state index in [0.717, 1.165) is 6.42 Å². The van der Waals surface area contributed by atoms with Crippen molar-refractivity contribution in [1.82, 2.24) is 0 Å². The molecule has 4 N–H and O–H groups in total. The molecular formula is C19H39NO2. The number of nitrogens with two attached hydrogens (primary N) is 1. The Kier molecular flexibility index (Phi) is 15.2. The van der Waals surface area contributed by atoms with Gasteiger partial charge in [-0.05, 0) is 19.3 Å². The van der Waals surface area contributed by atoms with Crippen molar-refractivity contribution in [2.24, 2.45) is 5.73 Å². The predicted molar refractivity (Wildman–Crippen MR) is 95.9 cm³/mol. The molecule has 0 radical (unpaired) electrons. The van der Waals surface area contributed by atoms with Gasteiger partial charge in [0.25, 0.3) is 0 Å². The number of rotatable bonds is 16. The maximum atomic E-state index is 9.07. The van der Waals surface area contributed by atoms with Gasteiger partial charge in [-0.2, -0.15) is 0 Å². The van der Waals surface area contributed by atoms with Gasteiger partial charge in [-0.3, -0.25) is 0 Å². The number of hydrogen-bond donors (Lipinski definition) is 3. The van der Waals surface area contributed by atoms with E-state index in [0.29, 0.717) is 6.42 Å². The lowest BCUT2D eigenvalue weighted by molar-refractivity contribution is 0.123. The molecule has 0 saturated carbocycles. The molecule has 0 aromatic heterocycles. The molecule has 0 aliphatic carbocycles. The molecule has 0 aliphatic rings. The molecule has 22 heavy (non-hydrogen) atoms. The highest BCUT2D eigenvalue weighted by Gasteiger charge is 2.20. The summed E-state index contributed by atoms with van der Waals surface area (Å²) in [6.45, 7) is 1.92. The highest BCUT2D eigenvalue weighted by atomic mass is 16.3. The highest BCUT2D eigenvalue weighted by molar-refractivity contribution is 4.94. The van der Waals surface area contributed by atoms with E-state index >= 15 is 0 Å². The Balaban J connectivity index is 3.26. The van der Waals surface area contributed by atoms with E-state index in [9.17, 15) is 0 Å². The Morgan fingerprint density at radius 3 is 1.64 bits per heavy atom. The lowest BCUT2D eigenvalue weighted by Crippen LogP contribution is -2.46. The number of allylic oxidation sites excluding steroid dienone is 1. The molecule has 0 aromatic rings. The molecule has 0 heterocycles. The van der Waals surface area contributed by atoms with Crippen molar-refractivity contribution in [2.45, 2.75) is 95.9 Å². The summed E-state index contributed by atoms with van der Waals surface area (Å²) < 4.78 is 0. The minimum Gasteiger partial charge on any atom is -0.394 e. The second kappa shape index (κ2) is 15.5. The van der Waals surface area contributed by atoms with E-state index < -0.39 is 5.54 Å². The Labute approximate surface area is 138 Å². The van der Waals surface area contributed by atoms with E-state index in [1.165, 1.54) is 70.6 Å². The Hall–Kier alpha value is -0.380. The maximum Gasteiger partial charge on any atom is 0.0657 e. The zero-order valence-corrected chi connectivity index (χ0v) is 14.7. The average Bonchev–Trinajstić information content (AvgIpc) is 2.55. The van der Waals surface area contributed by atoms with Gasteiger partial charge in [-0.1, -0.05) is 83.3 Å². The third-order valence-electron chi connectivity index (χ3n) is 4.30. The highest BCUT2D eigenvalue weighted by Crippen LogP contribution is 2.12. The monoisotopic (exact) mass is 313 g/mol. The van der Waals surface area contributed by atoms with Gasteiger partial charge < -0.3 is 15.9 Å². The van der Waals surface area contributed by atoms with Crippen LogP contribution in [0, 0.1) is 0 Å². The standard InChI is InChI=1S/C19H39NO2/c1-2-3-4-5-6-7-8-9-10-11-12-13-14-15-16-19(20,17-21)18-22/h14-15,21-22H,2-13,16-18,20H2,1H3. The van der Waals surface area contributed by atoms with Gasteiger partial charge in [0, 0.05) is 0 Å². The smallest absolute Gasteiger partial charge is 0.0657 e. The predicted octanol–water partition coefficient (Wildman–Crippen LogP) is 4.32. The number of aliphatic hydroxyl groups excluding tert-OH is 2. The first-order chi connectivity index (χ1) is 10.7. The van der Waals surface area contributed by atoms with E-state index in [-0.39, 0.29) is 13.2 Å². The summed E-state index contributed by atoms with van der Waals surface area (Å²) in [6, 6.07) is 0. The fourth-order valence-corrected chi connectivity index (χ4v) is 2.54. The van der Waals surface area contributed by atoms with E-state index in [4.69, 9.17) is 15.9 Å². The van der Waals surface area contributed by atoms with Crippen molar-refractivity contribution in [3.8, 4) is 0 Å². The zero-order valence-electron chi connectivity index (χ0n) is 14.7. The summed E-state index contributed by atoms with van der Waals surface area (Å²) in [6.07, 6.45) is 20.8. The van der Waals surface area contributed by atoms with Crippen LogP contribution in [0.1, 0.15) is 90.4 Å². The molecule has 132 valence electrons. The van der Waals surface area contributed by atoms with Crippen molar-refractivity contribution in [3.05, 3.63) is 12.2 Å². The van der Waals surface area contributed by atoms with E-state index in [1.54, 1.807) is 0 Å². The van der Waals surface area contributed by atoms with Crippen LogP contribution >= 0.6 is 0 Å². The molecule has 0 unspecified atom stereocenters. The SMILES string of the molecule is CCCCCCCCCCCCCC=CCC(N)(CO)CO. The summed E-state index contributed by atoms with van der Waals surface area (Å²) >= 11 is 0. The topological polar surface area (TPSA) is 66.5 Å². The summed E-state index contributed by atoms with van der Waals surface area (Å²) in [7, 11) is 0. The van der Waals surface area contributed by atoms with E-state index in [1.807, 2.05) is 6.08 Å². The Morgan fingerprint density at radius 1 is 0.727 bits per heavy atom. The van der Waals surface area contributed by atoms with Crippen molar-refractivity contribution in [2.75, 3.05) is 13.2 Å². The maximum absolute atomic E-state index is 9.07. The molecule has 0 aromatic carbocycles. The van der Waals surface area contributed by atoms with E-state index in [2.05, 4.69) is 13.0 Å². The molecule has 0 amide bonds. The van der Waals surface area contributed by atoms with Gasteiger partial charge in [0.2, 0.25) is 0 Å². The van der Waals surface area contributed by atoms with Gasteiger partial charge in [0.05, 0.1) is 18.8 Å². The number of aliphatic hydroxyl groups is 2. The van der Waals surface area contributed by atoms with Gasteiger partial charge in [-0.15, -0.1) is 0 Å². The molecular weight excluding hydrogens is 274 g/mol. The molecule has 0 aliphatic heterocycles. The number of hydrogen-bond acceptors (Lipinski definition) is 3. The quantitative estimate of drug-likeness (QED) is 0.294. The largest absolute Gasteiger partial charge is 0.394 e. The normalized spacial score (nSPS) is 12.4. The van der Waals surface area contributed by atoms with Gasteiger partial charge in [0.15, 0.2) is 0 Å². The van der Waals surface area contributed by atoms with Crippen molar-refractivity contribution in [3.63, 3.8) is 0 Å². The molecule has 0 fully saturated rings. The fourth-order valence-electron chi connectivity index (χ4n) is 2.54. The van der Waals surface area contributed by atoms with Crippen LogP contribution in [0.25, 0.3) is 0 Å². The molecule has 0 spiro atoms. The Morgan fingerprint density at radius 2 is 1.18 bits per heavy atom. The first-order valence-corrected chi connectivity index (χ1v) is 9.34. The fraction of sp³-hybridized carbons (Fsp3) is 0.895. The summed E-state index contributed by atoms with van der Waals surface area (Å²) in [4.78, 5) is 0. The molecule has 0 saturated heterocycles. The Bertz CT molecular complexity index is 250. The van der Waals surface area contributed by atoms with Crippen LogP contribution in [-0.4, -0.2) is 29.0 Å². The van der Waals surface area contributed by atoms with Crippen molar-refractivity contribution < 1.29 is 10.2 Å². The third-order valence-corrected chi connectivity index (χ3v) is 4.30. The van der Waals surface area contributed by atoms with Crippen LogP contribution in [0.3, 0.4) is 0 Å². The minimum absolute atomic E-state index is 0.174. The van der Waals surface area contributed by atoms with Gasteiger partial charge in [-0.25, -0.2) is 0 Å². The zero-order chi connectivity index (χ0) is 16.5. The number of unbranched alkanes of at least 4 members (excludes halogenated alkanes) is 11. The summed E-state index contributed by atoms with van der Waals surface area (Å²) in [5.41, 5.74) is 4.94. The van der Waals surface area contributed by atoms with Crippen LogP contribution in [0.5, 0.6) is 0 Å². The molecule has 3 nitrogen and oxygen atoms in total. The summed E-state index contributed by atoms with van der Waals surface area (Å²) in [5.74, 6) is 0. The first kappa shape index (κ1) is 21.6. The van der Waals surface area contributed by atoms with Crippen molar-refractivity contribution in [1.29, 1.82) is 0 Å². The molecule has 0 bridgehead atoms. The molecule has 0 atom stereocenters. The second-order valence-corrected chi connectivity index (χ2v) is 6.68. The lowest BCUT2D eigenvalue weighted by Gasteiger charge is -2.22. The first-order valence-electron chi connectivity index (χ1n) is 9.34. The van der Waals surface area contributed by atoms with Crippen LogP contribution in [-0.2, 0) is 0 Å². The third kappa shape index (κ3) is 13.3. The summed E-state index contributed by atoms with van der Waals surface area (Å²) in [5, 5.41) is 18.1. The van der Waals surface area contributed by atoms with Gasteiger partial charge >= 0.3 is 0 Å². The van der Waals surface area contributed by atoms with Crippen LogP contribution < -0.4 is 5.73 Å². The van der Waals surface area contributed by atoms with Crippen LogP contribution in [0.4, 0.5) is 0 Å². The average molecular weight is 314 g/mol. The van der Waals surface area contributed by atoms with Gasteiger partial charge in [0.1, 0.15) is 0 Å². The van der Waals surface area contributed by atoms with Crippen LogP contribution in [0.2, 0.25) is 0 Å². The van der Waals surface area contributed by atoms with Crippen molar-refractivity contribution >= 4 is 0 Å². The van der Waals surface area contributed by atoms with Crippen LogP contribution in [0.15, 0.2) is 12.2 Å². The second-order valence-electron chi connectivity index (χ2n) is 6.68. The molecule has 0 rings (SSSR count). The minimum atomic E-state index is -0.854. The lowest BCUT2D eigenvalue weighted by atomic mass is 9.98. The molecule has 3 heteroatoms.